The normalized spacial score (nSPS) is 16.7. The lowest BCUT2D eigenvalue weighted by Crippen LogP contribution is -2.24. The molecule has 1 aromatic rings. The van der Waals surface area contributed by atoms with Crippen molar-refractivity contribution >= 4 is 33.0 Å². The summed E-state index contributed by atoms with van der Waals surface area (Å²) in [6.07, 6.45) is 7.12. The number of allylic oxidation sites excluding steroid dienone is 7. The van der Waals surface area contributed by atoms with Gasteiger partial charge in [0.1, 0.15) is 11.6 Å². The Balaban J connectivity index is 2.87. The van der Waals surface area contributed by atoms with Crippen LogP contribution in [-0.4, -0.2) is 17.7 Å². The summed E-state index contributed by atoms with van der Waals surface area (Å²) in [5.74, 6) is -0.595. The molecule has 1 N–H and O–H groups in total. The summed E-state index contributed by atoms with van der Waals surface area (Å²) in [4.78, 5) is 10.9. The van der Waals surface area contributed by atoms with Crippen LogP contribution in [0.1, 0.15) is 78.5 Å². The summed E-state index contributed by atoms with van der Waals surface area (Å²) in [6, 6.07) is 2.08. The SMILES string of the molecule is CCOc1c(C(=C(F)C=CC(C)=CC(=O)O)C(C)C)cc2c(c1Br)C(C)(C)CC=C2C(C)C. The summed E-state index contributed by atoms with van der Waals surface area (Å²) >= 11 is 3.84. The minimum absolute atomic E-state index is 0.0875. The van der Waals surface area contributed by atoms with Crippen LogP contribution < -0.4 is 4.74 Å². The zero-order chi connectivity index (χ0) is 25.1. The molecule has 5 heteroatoms. The largest absolute Gasteiger partial charge is 0.492 e. The first kappa shape index (κ1) is 27.1. The fourth-order valence-corrected chi connectivity index (χ4v) is 5.46. The first-order valence-corrected chi connectivity index (χ1v) is 12.3. The standard InChI is InChI=1S/C28H36BrFO3/c1-9-33-27-21(24(17(4)5)22(30)11-10-18(6)14-23(31)32)15-20-19(16(2)3)12-13-28(7,8)25(20)26(27)29/h10-12,14-17H,9,13H2,1-8H3,(H,31,32). The van der Waals surface area contributed by atoms with Gasteiger partial charge in [0, 0.05) is 17.2 Å². The Hall–Kier alpha value is -2.14. The van der Waals surface area contributed by atoms with Crippen LogP contribution in [0.25, 0.3) is 11.1 Å². The molecule has 2 rings (SSSR count). The van der Waals surface area contributed by atoms with E-state index >= 15 is 4.39 Å². The molecule has 3 nitrogen and oxygen atoms in total. The lowest BCUT2D eigenvalue weighted by molar-refractivity contribution is -0.131. The van der Waals surface area contributed by atoms with Crippen molar-refractivity contribution in [3.63, 3.8) is 0 Å². The molecule has 0 amide bonds. The predicted octanol–water partition coefficient (Wildman–Crippen LogP) is 8.49. The van der Waals surface area contributed by atoms with Crippen molar-refractivity contribution < 1.29 is 19.0 Å². The van der Waals surface area contributed by atoms with E-state index in [0.29, 0.717) is 29.4 Å². The first-order chi connectivity index (χ1) is 15.3. The van der Waals surface area contributed by atoms with Gasteiger partial charge in [-0.1, -0.05) is 53.7 Å². The Morgan fingerprint density at radius 1 is 1.27 bits per heavy atom. The fraction of sp³-hybridized carbons (Fsp3) is 0.464. The Labute approximate surface area is 206 Å². The maximum atomic E-state index is 15.6. The Kier molecular flexibility index (Phi) is 8.92. The molecule has 0 radical (unpaired) electrons. The van der Waals surface area contributed by atoms with Gasteiger partial charge in [-0.3, -0.25) is 0 Å². The summed E-state index contributed by atoms with van der Waals surface area (Å²) in [6.45, 7) is 16.7. The van der Waals surface area contributed by atoms with Crippen LogP contribution in [0.4, 0.5) is 4.39 Å². The van der Waals surface area contributed by atoms with E-state index in [1.165, 1.54) is 23.3 Å². The number of halogens is 2. The first-order valence-electron chi connectivity index (χ1n) is 11.5. The number of aliphatic carboxylic acids is 1. The predicted molar refractivity (Wildman–Crippen MR) is 139 cm³/mol. The van der Waals surface area contributed by atoms with Gasteiger partial charge in [0.05, 0.1) is 11.1 Å². The lowest BCUT2D eigenvalue weighted by Gasteiger charge is -2.36. The summed E-state index contributed by atoms with van der Waals surface area (Å²) in [7, 11) is 0. The molecular formula is C28H36BrFO3. The van der Waals surface area contributed by atoms with E-state index in [9.17, 15) is 4.79 Å². The number of carboxylic acid groups (broad SMARTS) is 1. The molecule has 0 saturated carbocycles. The number of hydrogen-bond acceptors (Lipinski definition) is 2. The molecule has 1 aliphatic rings. The van der Waals surface area contributed by atoms with E-state index in [4.69, 9.17) is 9.84 Å². The zero-order valence-corrected chi connectivity index (χ0v) is 22.6. The summed E-state index contributed by atoms with van der Waals surface area (Å²) < 4.78 is 22.6. The molecule has 0 heterocycles. The van der Waals surface area contributed by atoms with Crippen molar-refractivity contribution in [1.82, 2.24) is 0 Å². The second-order valence-electron chi connectivity index (χ2n) is 9.80. The third-order valence-corrected chi connectivity index (χ3v) is 6.68. The molecule has 1 aromatic carbocycles. The van der Waals surface area contributed by atoms with Gasteiger partial charge in [-0.2, -0.15) is 0 Å². The molecule has 0 atom stereocenters. The highest BCUT2D eigenvalue weighted by molar-refractivity contribution is 9.10. The molecule has 33 heavy (non-hydrogen) atoms. The number of benzene rings is 1. The Morgan fingerprint density at radius 3 is 2.42 bits per heavy atom. The lowest BCUT2D eigenvalue weighted by atomic mass is 9.70. The van der Waals surface area contributed by atoms with Crippen molar-refractivity contribution in [3.05, 3.63) is 62.9 Å². The third-order valence-electron chi connectivity index (χ3n) is 5.92. The maximum Gasteiger partial charge on any atom is 0.328 e. The smallest absolute Gasteiger partial charge is 0.328 e. The van der Waals surface area contributed by atoms with Gasteiger partial charge in [0.2, 0.25) is 0 Å². The molecule has 0 aliphatic heterocycles. The van der Waals surface area contributed by atoms with Crippen LogP contribution in [0.2, 0.25) is 0 Å². The highest BCUT2D eigenvalue weighted by atomic mass is 79.9. The van der Waals surface area contributed by atoms with Gasteiger partial charge in [0.25, 0.3) is 0 Å². The second-order valence-corrected chi connectivity index (χ2v) is 10.6. The number of rotatable bonds is 8. The average molecular weight is 519 g/mol. The van der Waals surface area contributed by atoms with Crippen LogP contribution in [-0.2, 0) is 10.2 Å². The van der Waals surface area contributed by atoms with Crippen molar-refractivity contribution in [2.45, 2.75) is 67.2 Å². The number of hydrogen-bond donors (Lipinski definition) is 1. The average Bonchev–Trinajstić information content (AvgIpc) is 2.67. The summed E-state index contributed by atoms with van der Waals surface area (Å²) in [5.41, 5.74) is 5.22. The minimum atomic E-state index is -1.06. The topological polar surface area (TPSA) is 46.5 Å². The molecular weight excluding hydrogens is 483 g/mol. The number of ether oxygens (including phenoxy) is 1. The minimum Gasteiger partial charge on any atom is -0.492 e. The van der Waals surface area contributed by atoms with E-state index in [1.807, 2.05) is 20.8 Å². The molecule has 0 bridgehead atoms. The molecule has 1 aliphatic carbocycles. The molecule has 0 saturated heterocycles. The van der Waals surface area contributed by atoms with E-state index in [1.54, 1.807) is 6.92 Å². The van der Waals surface area contributed by atoms with Gasteiger partial charge in [-0.05, 0) is 87.9 Å². The Bertz CT molecular complexity index is 1040. The van der Waals surface area contributed by atoms with Crippen LogP contribution in [0.5, 0.6) is 5.75 Å². The van der Waals surface area contributed by atoms with Gasteiger partial charge in [0.15, 0.2) is 0 Å². The highest BCUT2D eigenvalue weighted by Crippen LogP contribution is 2.51. The summed E-state index contributed by atoms with van der Waals surface area (Å²) in [5, 5.41) is 8.93. The van der Waals surface area contributed by atoms with Gasteiger partial charge in [-0.15, -0.1) is 0 Å². The van der Waals surface area contributed by atoms with Crippen molar-refractivity contribution in [2.75, 3.05) is 6.61 Å². The Morgan fingerprint density at radius 2 is 1.91 bits per heavy atom. The third kappa shape index (κ3) is 6.06. The van der Waals surface area contributed by atoms with Crippen LogP contribution in [0.3, 0.4) is 0 Å². The number of carboxylic acids is 1. The second kappa shape index (κ2) is 10.9. The van der Waals surface area contributed by atoms with Crippen LogP contribution in [0.15, 0.2) is 46.2 Å². The van der Waals surface area contributed by atoms with Crippen molar-refractivity contribution in [2.24, 2.45) is 11.8 Å². The zero-order valence-electron chi connectivity index (χ0n) is 21.0. The highest BCUT2D eigenvalue weighted by Gasteiger charge is 2.34. The number of carbonyl (C=O) groups is 1. The maximum absolute atomic E-state index is 15.6. The molecule has 0 spiro atoms. The van der Waals surface area contributed by atoms with Gasteiger partial charge in [-0.25, -0.2) is 9.18 Å². The quantitative estimate of drug-likeness (QED) is 0.277. The van der Waals surface area contributed by atoms with Crippen LogP contribution in [0, 0.1) is 11.8 Å². The van der Waals surface area contributed by atoms with Crippen molar-refractivity contribution in [3.8, 4) is 5.75 Å². The van der Waals surface area contributed by atoms with E-state index < -0.39 is 11.8 Å². The fourth-order valence-electron chi connectivity index (χ4n) is 4.38. The molecule has 0 aromatic heterocycles. The van der Waals surface area contributed by atoms with Crippen molar-refractivity contribution in [1.29, 1.82) is 0 Å². The van der Waals surface area contributed by atoms with Crippen LogP contribution >= 0.6 is 15.9 Å². The van der Waals surface area contributed by atoms with E-state index in [0.717, 1.165) is 28.1 Å². The molecule has 0 unspecified atom stereocenters. The monoisotopic (exact) mass is 518 g/mol. The van der Waals surface area contributed by atoms with Gasteiger partial charge < -0.3 is 9.84 Å². The molecule has 180 valence electrons. The van der Waals surface area contributed by atoms with Gasteiger partial charge >= 0.3 is 5.97 Å². The van der Waals surface area contributed by atoms with E-state index in [-0.39, 0.29) is 11.3 Å². The van der Waals surface area contributed by atoms with E-state index in [2.05, 4.69) is 55.8 Å². The molecule has 0 fully saturated rings. The number of fused-ring (bicyclic) bond motifs is 1.